The van der Waals surface area contributed by atoms with E-state index in [1.807, 2.05) is 0 Å². The number of thioether (sulfide) groups is 3. The number of benzene rings is 5. The van der Waals surface area contributed by atoms with E-state index in [0.29, 0.717) is 38.6 Å². The standard InChI is InChI=1S/C84H106N16O24S3/c1-42-71(112)92-58(33-64(85)102)78(119)90-53(23-25-65(103)104)73(114)95-57(32-50-17-12-16-49-15-10-11-18-52(49)50)75(116)88-43(2)72(113)99-63-41-127-38-48-28-46(27-47(29-48)37-126-40-62(87-6)81(122)89-42)36-125-39-61(70(86)111)98-83(124)69(84(3,4)5)100-80(121)60(35-68(109)110)97-77(118)56(31-45-19-21-51(101)22-20-45)93-76(117)55(30-44-13-8-7-9-14-44)94-79(120)59(34-67(107)108)96-74(115)54(91-82(63)123)24-26-66(105)106/h7-22,27-29,42-43,53-63,69,87,101H,23-26,30-41H2,1-6H3,(H2,85,102)(H2,86,111)(H,88,116)(H,89,122)(H,90,119)(H,91,123)(H,92,112)(H,93,117)(H,94,120)(H,95,114)(H,96,115)(H,97,118)(H,98,124)(H,99,113)(H,100,121)(H,103,104)(H,105,106)(H,107,108)(H,109,110)/t42-,43-,53+,54+,55+,56+,57+,58+,59+,60+,61+,62+,63-,69-/m1/s1. The number of likely N-dealkylation sites (N-methyl/N-ethyl adjacent to an activating group) is 1. The van der Waals surface area contributed by atoms with Crippen LogP contribution in [0.5, 0.6) is 5.75 Å². The molecule has 2 heterocycles. The molecule has 0 saturated carbocycles. The number of nitrogens with one attached hydrogen (secondary N) is 14. The minimum absolute atomic E-state index is 0.00437. The average molecular weight is 1820 g/mol. The molecule has 0 fully saturated rings. The van der Waals surface area contributed by atoms with Gasteiger partial charge in [-0.3, -0.25) is 91.1 Å². The summed E-state index contributed by atoms with van der Waals surface area (Å²) in [5, 5.41) is 86.9. The Kier molecular flexibility index (Phi) is 38.7. The smallest absolute Gasteiger partial charge is 0.305 e. The fraction of sp³-hybridized carbons (Fsp3) is 0.440. The summed E-state index contributed by atoms with van der Waals surface area (Å²) in [6.07, 6.45) is -7.75. The highest BCUT2D eigenvalue weighted by atomic mass is 32.2. The summed E-state index contributed by atoms with van der Waals surface area (Å²) in [4.78, 5) is 267. The van der Waals surface area contributed by atoms with Gasteiger partial charge in [0.1, 0.15) is 84.3 Å². The Morgan fingerprint density at radius 1 is 0.402 bits per heavy atom. The third kappa shape index (κ3) is 32.9. The highest BCUT2D eigenvalue weighted by Gasteiger charge is 2.41. The van der Waals surface area contributed by atoms with Crippen molar-refractivity contribution >= 4 is 159 Å². The first kappa shape index (κ1) is 101. The zero-order valence-electron chi connectivity index (χ0n) is 70.2. The van der Waals surface area contributed by atoms with E-state index in [2.05, 4.69) is 74.4 Å². The van der Waals surface area contributed by atoms with Gasteiger partial charge in [-0.15, -0.1) is 0 Å². The van der Waals surface area contributed by atoms with Crippen molar-refractivity contribution in [1.82, 2.24) is 74.4 Å². The van der Waals surface area contributed by atoms with Crippen LogP contribution < -0.4 is 85.9 Å². The molecule has 0 spiro atoms. The van der Waals surface area contributed by atoms with Gasteiger partial charge in [0, 0.05) is 66.6 Å². The van der Waals surface area contributed by atoms with E-state index < -0.39 is 266 Å². The molecule has 0 aliphatic carbocycles. The van der Waals surface area contributed by atoms with Crippen LogP contribution in [0.4, 0.5) is 0 Å². The molecule has 14 atom stereocenters. The van der Waals surface area contributed by atoms with Crippen LogP contribution in [0.3, 0.4) is 0 Å². The molecule has 5 aromatic carbocycles. The zero-order chi connectivity index (χ0) is 93.5. The largest absolute Gasteiger partial charge is 0.508 e. The van der Waals surface area contributed by atoms with Crippen LogP contribution in [0.15, 0.2) is 115 Å². The predicted octanol–water partition coefficient (Wildman–Crippen LogP) is -1.98. The summed E-state index contributed by atoms with van der Waals surface area (Å²) < 4.78 is 0. The van der Waals surface area contributed by atoms with Crippen LogP contribution in [0.25, 0.3) is 10.8 Å². The molecule has 23 N–H and O–H groups in total. The topological polar surface area (TPSA) is 646 Å². The Bertz CT molecular complexity index is 4880. The number of primary amides is 2. The van der Waals surface area contributed by atoms with Gasteiger partial charge in [-0.05, 0) is 95.4 Å². The zero-order valence-corrected chi connectivity index (χ0v) is 72.7. The molecular weight excluding hydrogens is 1710 g/mol. The number of phenols is 1. The van der Waals surface area contributed by atoms with Crippen molar-refractivity contribution in [2.24, 2.45) is 16.9 Å². The van der Waals surface area contributed by atoms with E-state index in [-0.39, 0.29) is 46.5 Å². The third-order valence-electron chi connectivity index (χ3n) is 20.1. The lowest BCUT2D eigenvalue weighted by molar-refractivity contribution is -0.142. The summed E-state index contributed by atoms with van der Waals surface area (Å²) in [5.74, 6) is -24.4. The van der Waals surface area contributed by atoms with Crippen LogP contribution >= 0.6 is 35.3 Å². The van der Waals surface area contributed by atoms with Crippen molar-refractivity contribution in [3.63, 3.8) is 0 Å². The van der Waals surface area contributed by atoms with E-state index in [4.69, 9.17) is 11.5 Å². The highest BCUT2D eigenvalue weighted by Crippen LogP contribution is 2.27. The summed E-state index contributed by atoms with van der Waals surface area (Å²) >= 11 is 3.31. The molecule has 2 aliphatic heterocycles. The molecule has 0 aromatic heterocycles. The van der Waals surface area contributed by atoms with E-state index in [0.717, 1.165) is 23.5 Å². The Labute approximate surface area is 741 Å². The second kappa shape index (κ2) is 48.5. The quantitative estimate of drug-likeness (QED) is 0.0401. The van der Waals surface area contributed by atoms with Crippen LogP contribution in [0.1, 0.15) is 113 Å². The number of phenolic OH excluding ortho intramolecular Hbond substituents is 1. The van der Waals surface area contributed by atoms with Crippen molar-refractivity contribution in [2.45, 2.75) is 201 Å². The molecule has 2 aliphatic rings. The molecular formula is C84H106N16O24S3. The lowest BCUT2D eigenvalue weighted by Gasteiger charge is -2.33. The molecule has 0 radical (unpaired) electrons. The van der Waals surface area contributed by atoms with E-state index in [1.54, 1.807) is 78.9 Å². The molecule has 684 valence electrons. The average Bonchev–Trinajstić information content (AvgIpc) is 0.851. The van der Waals surface area contributed by atoms with Gasteiger partial charge in [-0.2, -0.15) is 35.3 Å². The van der Waals surface area contributed by atoms with Gasteiger partial charge in [0.15, 0.2) is 0 Å². The van der Waals surface area contributed by atoms with Gasteiger partial charge in [-0.25, -0.2) is 0 Å². The van der Waals surface area contributed by atoms with Gasteiger partial charge in [0.25, 0.3) is 0 Å². The van der Waals surface area contributed by atoms with E-state index in [9.17, 15) is 102 Å². The maximum Gasteiger partial charge on any atom is 0.305 e. The van der Waals surface area contributed by atoms with Crippen molar-refractivity contribution in [2.75, 3.05) is 24.3 Å². The number of rotatable bonds is 20. The third-order valence-corrected chi connectivity index (χ3v) is 23.5. The summed E-state index contributed by atoms with van der Waals surface area (Å²) in [7, 11) is 1.46. The molecule has 0 unspecified atom stereocenters. The second-order valence-electron chi connectivity index (χ2n) is 31.5. The van der Waals surface area contributed by atoms with Crippen molar-refractivity contribution in [1.29, 1.82) is 0 Å². The maximum absolute atomic E-state index is 15.3. The van der Waals surface area contributed by atoms with Crippen molar-refractivity contribution in [3.8, 4) is 5.75 Å². The number of carbonyl (C=O) groups excluding carboxylic acids is 15. The van der Waals surface area contributed by atoms with Crippen LogP contribution in [0.2, 0.25) is 0 Å². The fourth-order valence-corrected chi connectivity index (χ4v) is 16.4. The SMILES string of the molecule is CN[C@H]1CSCc2cc3cc(c2)CSC[C@@H](NC(=O)[C@@H](C)NC(=O)[C@H](Cc2cccc4ccccc24)NC(=O)[C@H](CCC(=O)O)NC(=O)[C@H](CC(N)=O)NC(=O)[C@@H](C)NC1=O)C(=O)N[C@@H](CCC(=O)O)C(=O)N[C@@H](CC(=O)O)C(=O)N[C@@H](Cc1ccccc1)C(=O)N[C@@H](Cc1ccc(O)cc1)C(=O)N[C@@H](CC(=O)O)C(=O)N[C@@H](C(C)(C)C)C(=O)N[C@H](C(N)=O)CSC3. The van der Waals surface area contributed by atoms with Gasteiger partial charge >= 0.3 is 23.9 Å². The first-order valence-corrected chi connectivity index (χ1v) is 43.7. The molecule has 7 rings (SSSR count). The lowest BCUT2D eigenvalue weighted by atomic mass is 9.85. The van der Waals surface area contributed by atoms with Crippen LogP contribution in [-0.2, 0) is 128 Å². The lowest BCUT2D eigenvalue weighted by Crippen LogP contribution is -2.62. The fourth-order valence-electron chi connectivity index (χ4n) is 13.4. The summed E-state index contributed by atoms with van der Waals surface area (Å²) in [6.45, 7) is 7.02. The highest BCUT2D eigenvalue weighted by molar-refractivity contribution is 7.99. The minimum Gasteiger partial charge on any atom is -0.508 e. The Hall–Kier alpha value is -12.9. The second-order valence-corrected chi connectivity index (χ2v) is 34.6. The number of hydrogen-bond donors (Lipinski definition) is 21. The van der Waals surface area contributed by atoms with Crippen molar-refractivity contribution < 1.29 is 117 Å². The number of carbonyl (C=O) groups is 19. The first-order valence-electron chi connectivity index (χ1n) is 40.2. The van der Waals surface area contributed by atoms with E-state index >= 15 is 14.4 Å². The molecule has 4 bridgehead atoms. The van der Waals surface area contributed by atoms with Crippen LogP contribution in [-0.4, -0.2) is 247 Å². The predicted molar refractivity (Wildman–Crippen MR) is 465 cm³/mol. The van der Waals surface area contributed by atoms with E-state index in [1.165, 1.54) is 89.8 Å². The number of carboxylic acids is 4. The molecule has 0 saturated heterocycles. The molecule has 127 heavy (non-hydrogen) atoms. The van der Waals surface area contributed by atoms with Gasteiger partial charge < -0.3 is 111 Å². The van der Waals surface area contributed by atoms with Crippen LogP contribution in [0, 0.1) is 5.41 Å². The van der Waals surface area contributed by atoms with Gasteiger partial charge in [0.2, 0.25) is 88.6 Å². The number of carboxylic acid groups (broad SMARTS) is 4. The maximum atomic E-state index is 15.3. The normalized spacial score (nSPS) is 24.2. The molecule has 40 nitrogen and oxygen atoms in total. The summed E-state index contributed by atoms with van der Waals surface area (Å²) in [6, 6.07) is 5.64. The minimum atomic E-state index is -2.20. The number of fused-ring (bicyclic) bond motifs is 6. The Balaban J connectivity index is 1.37. The number of nitrogens with two attached hydrogens (primary N) is 2. The Morgan fingerprint density at radius 2 is 0.803 bits per heavy atom. The first-order chi connectivity index (χ1) is 60.0. The Morgan fingerprint density at radius 3 is 1.30 bits per heavy atom. The number of hydrogen-bond acceptors (Lipinski definition) is 24. The monoisotopic (exact) mass is 1820 g/mol. The number of amides is 15. The van der Waals surface area contributed by atoms with Gasteiger partial charge in [-0.1, -0.05) is 124 Å². The molecule has 43 heteroatoms. The number of aromatic hydroxyl groups is 1. The molecule has 15 amide bonds. The molecule has 5 aromatic rings. The summed E-state index contributed by atoms with van der Waals surface area (Å²) in [5.41, 5.74) is 12.9. The van der Waals surface area contributed by atoms with Crippen molar-refractivity contribution in [3.05, 3.63) is 149 Å². The number of aliphatic carboxylic acids is 4. The van der Waals surface area contributed by atoms with Gasteiger partial charge in [0.05, 0.1) is 25.3 Å².